The number of hydrogen-bond donors (Lipinski definition) is 1. The van der Waals surface area contributed by atoms with E-state index in [4.69, 9.17) is 4.52 Å². The summed E-state index contributed by atoms with van der Waals surface area (Å²) in [6.07, 6.45) is 3.55. The van der Waals surface area contributed by atoms with Crippen molar-refractivity contribution in [3.63, 3.8) is 0 Å². The van der Waals surface area contributed by atoms with Gasteiger partial charge in [0, 0.05) is 31.8 Å². The van der Waals surface area contributed by atoms with Gasteiger partial charge in [0.25, 0.3) is 5.91 Å². The normalized spacial score (nSPS) is 13.9. The van der Waals surface area contributed by atoms with Crippen LogP contribution in [0.15, 0.2) is 22.7 Å². The Kier molecular flexibility index (Phi) is 6.44. The Morgan fingerprint density at radius 2 is 2.00 bits per heavy atom. The van der Waals surface area contributed by atoms with Gasteiger partial charge in [-0.2, -0.15) is 4.98 Å². The van der Waals surface area contributed by atoms with Crippen LogP contribution in [0.4, 0.5) is 5.69 Å². The van der Waals surface area contributed by atoms with Crippen LogP contribution < -0.4 is 5.32 Å². The zero-order valence-corrected chi connectivity index (χ0v) is 16.8. The highest BCUT2D eigenvalue weighted by Gasteiger charge is 2.24. The maximum absolute atomic E-state index is 12.9. The molecule has 7 heteroatoms. The number of aromatic nitrogens is 2. The molecule has 1 fully saturated rings. The smallest absolute Gasteiger partial charge is 0.256 e. The first kappa shape index (κ1) is 20.0. The third-order valence-corrected chi connectivity index (χ3v) is 4.95. The number of nitrogens with zero attached hydrogens (tertiary/aromatic N) is 3. The first-order chi connectivity index (χ1) is 13.5. The van der Waals surface area contributed by atoms with Crippen LogP contribution in [-0.4, -0.2) is 39.9 Å². The lowest BCUT2D eigenvalue weighted by Crippen LogP contribution is -2.29. The molecule has 3 rings (SSSR count). The fraction of sp³-hybridized carbons (Fsp3) is 0.524. The van der Waals surface area contributed by atoms with Gasteiger partial charge in [-0.15, -0.1) is 0 Å². The summed E-state index contributed by atoms with van der Waals surface area (Å²) in [6, 6.07) is 5.56. The standard InChI is InChI=1S/C21H28N4O3/c1-14(2)20-23-18(28-24-20)11-7-10-17(26)22-16-9-6-8-15(3)19(16)21(27)25-12-4-5-13-25/h6,8-9,14H,4-5,7,10-13H2,1-3H3,(H,22,26). The van der Waals surface area contributed by atoms with Crippen molar-refractivity contribution in [3.8, 4) is 0 Å². The lowest BCUT2D eigenvalue weighted by atomic mass is 10.0. The molecular weight excluding hydrogens is 356 g/mol. The van der Waals surface area contributed by atoms with Gasteiger partial charge in [0.1, 0.15) is 0 Å². The summed E-state index contributed by atoms with van der Waals surface area (Å²) in [6.45, 7) is 7.48. The molecular formula is C21H28N4O3. The zero-order valence-electron chi connectivity index (χ0n) is 16.8. The van der Waals surface area contributed by atoms with Crippen LogP contribution in [0.3, 0.4) is 0 Å². The van der Waals surface area contributed by atoms with E-state index >= 15 is 0 Å². The molecule has 0 unspecified atom stereocenters. The van der Waals surface area contributed by atoms with Crippen LogP contribution in [0, 0.1) is 6.92 Å². The molecule has 0 radical (unpaired) electrons. The van der Waals surface area contributed by atoms with E-state index in [1.165, 1.54) is 0 Å². The molecule has 1 N–H and O–H groups in total. The van der Waals surface area contributed by atoms with Crippen molar-refractivity contribution >= 4 is 17.5 Å². The Balaban J connectivity index is 1.59. The molecule has 1 aromatic carbocycles. The van der Waals surface area contributed by atoms with E-state index in [0.29, 0.717) is 42.2 Å². The first-order valence-electron chi connectivity index (χ1n) is 9.97. The summed E-state index contributed by atoms with van der Waals surface area (Å²) in [4.78, 5) is 31.5. The summed E-state index contributed by atoms with van der Waals surface area (Å²) < 4.78 is 5.21. The third-order valence-electron chi connectivity index (χ3n) is 4.95. The van der Waals surface area contributed by atoms with Crippen molar-refractivity contribution < 1.29 is 14.1 Å². The van der Waals surface area contributed by atoms with Gasteiger partial charge >= 0.3 is 0 Å². The SMILES string of the molecule is Cc1cccc(NC(=O)CCCc2nc(C(C)C)no2)c1C(=O)N1CCCC1. The van der Waals surface area contributed by atoms with Crippen molar-refractivity contribution in [1.29, 1.82) is 0 Å². The number of hydrogen-bond acceptors (Lipinski definition) is 5. The molecule has 0 bridgehead atoms. The molecule has 0 spiro atoms. The van der Waals surface area contributed by atoms with Gasteiger partial charge in [-0.1, -0.05) is 31.1 Å². The number of rotatable bonds is 7. The number of aryl methyl sites for hydroxylation is 2. The zero-order chi connectivity index (χ0) is 20.1. The van der Waals surface area contributed by atoms with E-state index in [1.54, 1.807) is 6.07 Å². The number of amides is 2. The topological polar surface area (TPSA) is 88.3 Å². The molecule has 150 valence electrons. The Hall–Kier alpha value is -2.70. The lowest BCUT2D eigenvalue weighted by molar-refractivity contribution is -0.116. The molecule has 0 atom stereocenters. The summed E-state index contributed by atoms with van der Waals surface area (Å²) in [5, 5.41) is 6.84. The minimum absolute atomic E-state index is 0.00188. The molecule has 1 aliphatic heterocycles. The molecule has 2 amide bonds. The maximum Gasteiger partial charge on any atom is 0.256 e. The highest BCUT2D eigenvalue weighted by atomic mass is 16.5. The minimum Gasteiger partial charge on any atom is -0.339 e. The maximum atomic E-state index is 12.9. The van der Waals surface area contributed by atoms with Crippen LogP contribution >= 0.6 is 0 Å². The molecule has 0 aliphatic carbocycles. The number of carbonyl (C=O) groups is 2. The van der Waals surface area contributed by atoms with E-state index in [9.17, 15) is 9.59 Å². The molecule has 28 heavy (non-hydrogen) atoms. The van der Waals surface area contributed by atoms with Crippen molar-refractivity contribution in [2.24, 2.45) is 0 Å². The number of benzene rings is 1. The second-order valence-corrected chi connectivity index (χ2v) is 7.60. The van der Waals surface area contributed by atoms with Gasteiger partial charge in [-0.25, -0.2) is 0 Å². The lowest BCUT2D eigenvalue weighted by Gasteiger charge is -2.19. The highest BCUT2D eigenvalue weighted by molar-refractivity contribution is 6.04. The van der Waals surface area contributed by atoms with Crippen LogP contribution in [0.2, 0.25) is 0 Å². The van der Waals surface area contributed by atoms with E-state index in [0.717, 1.165) is 31.5 Å². The van der Waals surface area contributed by atoms with Crippen LogP contribution in [-0.2, 0) is 11.2 Å². The van der Waals surface area contributed by atoms with Gasteiger partial charge < -0.3 is 14.7 Å². The third kappa shape index (κ3) is 4.77. The minimum atomic E-state index is -0.121. The van der Waals surface area contributed by atoms with Crippen molar-refractivity contribution in [1.82, 2.24) is 15.0 Å². The Morgan fingerprint density at radius 3 is 2.68 bits per heavy atom. The molecule has 0 saturated carbocycles. The average Bonchev–Trinajstić information content (AvgIpc) is 3.33. The summed E-state index contributed by atoms with van der Waals surface area (Å²) >= 11 is 0. The number of nitrogens with one attached hydrogen (secondary N) is 1. The fourth-order valence-electron chi connectivity index (χ4n) is 3.35. The van der Waals surface area contributed by atoms with Crippen molar-refractivity contribution in [2.75, 3.05) is 18.4 Å². The van der Waals surface area contributed by atoms with E-state index < -0.39 is 0 Å². The van der Waals surface area contributed by atoms with Gasteiger partial charge in [0.15, 0.2) is 5.82 Å². The Bertz CT molecular complexity index is 838. The van der Waals surface area contributed by atoms with E-state index in [2.05, 4.69) is 15.5 Å². The molecule has 1 aromatic heterocycles. The molecule has 2 aromatic rings. The molecule has 1 saturated heterocycles. The van der Waals surface area contributed by atoms with Gasteiger partial charge in [0.05, 0.1) is 11.3 Å². The van der Waals surface area contributed by atoms with Crippen molar-refractivity contribution in [3.05, 3.63) is 41.0 Å². The Morgan fingerprint density at radius 1 is 1.25 bits per heavy atom. The second-order valence-electron chi connectivity index (χ2n) is 7.60. The summed E-state index contributed by atoms with van der Waals surface area (Å²) in [7, 11) is 0. The monoisotopic (exact) mass is 384 g/mol. The van der Waals surface area contributed by atoms with Gasteiger partial charge in [-0.05, 0) is 37.8 Å². The van der Waals surface area contributed by atoms with Gasteiger partial charge in [-0.3, -0.25) is 9.59 Å². The highest BCUT2D eigenvalue weighted by Crippen LogP contribution is 2.24. The number of likely N-dealkylation sites (tertiary alicyclic amines) is 1. The quantitative estimate of drug-likeness (QED) is 0.786. The van der Waals surface area contributed by atoms with Crippen molar-refractivity contribution in [2.45, 2.75) is 58.8 Å². The molecule has 1 aliphatic rings. The molecule has 7 nitrogen and oxygen atoms in total. The number of carbonyl (C=O) groups excluding carboxylic acids is 2. The van der Waals surface area contributed by atoms with E-state index in [1.807, 2.05) is 37.8 Å². The predicted octanol–water partition coefficient (Wildman–Crippen LogP) is 3.70. The van der Waals surface area contributed by atoms with Crippen LogP contribution in [0.1, 0.15) is 73.1 Å². The summed E-state index contributed by atoms with van der Waals surface area (Å²) in [5.41, 5.74) is 2.06. The second kappa shape index (κ2) is 8.99. The largest absolute Gasteiger partial charge is 0.339 e. The van der Waals surface area contributed by atoms with Crippen LogP contribution in [0.25, 0.3) is 0 Å². The van der Waals surface area contributed by atoms with E-state index in [-0.39, 0.29) is 17.7 Å². The predicted molar refractivity (Wildman–Crippen MR) is 106 cm³/mol. The molecule has 2 heterocycles. The fourth-order valence-corrected chi connectivity index (χ4v) is 3.35. The first-order valence-corrected chi connectivity index (χ1v) is 9.97. The van der Waals surface area contributed by atoms with Crippen LogP contribution in [0.5, 0.6) is 0 Å². The average molecular weight is 384 g/mol. The Labute approximate surface area is 165 Å². The summed E-state index contributed by atoms with van der Waals surface area (Å²) in [5.74, 6) is 1.33. The number of anilines is 1. The van der Waals surface area contributed by atoms with Gasteiger partial charge in [0.2, 0.25) is 11.8 Å².